The number of carbonyl (C=O) groups is 2. The predicted molar refractivity (Wildman–Crippen MR) is 113 cm³/mol. The summed E-state index contributed by atoms with van der Waals surface area (Å²) in [5.74, 6) is -0.949. The minimum Gasteiger partial charge on any atom is -0.457 e. The van der Waals surface area contributed by atoms with Gasteiger partial charge in [0.2, 0.25) is 0 Å². The van der Waals surface area contributed by atoms with Crippen molar-refractivity contribution in [2.45, 2.75) is 55.5 Å². The highest BCUT2D eigenvalue weighted by atomic mass is 32.2. The highest BCUT2D eigenvalue weighted by Crippen LogP contribution is 2.38. The summed E-state index contributed by atoms with van der Waals surface area (Å²) in [7, 11) is 0. The van der Waals surface area contributed by atoms with E-state index in [0.717, 1.165) is 4.90 Å². The smallest absolute Gasteiger partial charge is 0.338 e. The van der Waals surface area contributed by atoms with Crippen LogP contribution in [0.4, 0.5) is 0 Å². The molecule has 6 nitrogen and oxygen atoms in total. The van der Waals surface area contributed by atoms with Gasteiger partial charge in [-0.1, -0.05) is 36.4 Å². The molecule has 0 radical (unpaired) electrons. The second kappa shape index (κ2) is 10.6. The maximum atomic E-state index is 12.7. The largest absolute Gasteiger partial charge is 0.457 e. The Kier molecular flexibility index (Phi) is 7.90. The molecule has 1 aliphatic heterocycles. The summed E-state index contributed by atoms with van der Waals surface area (Å²) in [6.45, 7) is 5.44. The Morgan fingerprint density at radius 1 is 0.967 bits per heavy atom. The lowest BCUT2D eigenvalue weighted by Gasteiger charge is -2.44. The molecule has 30 heavy (non-hydrogen) atoms. The molecule has 0 bridgehead atoms. The molecule has 0 saturated carbocycles. The fourth-order valence-electron chi connectivity index (χ4n) is 3.31. The Hall–Kier alpha value is -2.35. The molecule has 0 amide bonds. The molecule has 0 aliphatic carbocycles. The van der Waals surface area contributed by atoms with Crippen molar-refractivity contribution in [3.05, 3.63) is 66.2 Å². The first kappa shape index (κ1) is 22.3. The third-order valence-electron chi connectivity index (χ3n) is 4.63. The van der Waals surface area contributed by atoms with Gasteiger partial charge < -0.3 is 18.9 Å². The fourth-order valence-corrected chi connectivity index (χ4v) is 4.53. The lowest BCUT2D eigenvalue weighted by Crippen LogP contribution is -2.58. The predicted octanol–water partition coefficient (Wildman–Crippen LogP) is 4.09. The van der Waals surface area contributed by atoms with E-state index in [9.17, 15) is 9.59 Å². The van der Waals surface area contributed by atoms with Crippen LogP contribution in [0.1, 0.15) is 31.1 Å². The Balaban J connectivity index is 1.89. The highest BCUT2D eigenvalue weighted by molar-refractivity contribution is 8.00. The summed E-state index contributed by atoms with van der Waals surface area (Å²) in [6, 6.07) is 18.4. The second-order valence-corrected chi connectivity index (χ2v) is 8.12. The van der Waals surface area contributed by atoms with Gasteiger partial charge in [0, 0.05) is 18.4 Å². The zero-order valence-electron chi connectivity index (χ0n) is 17.2. The van der Waals surface area contributed by atoms with E-state index >= 15 is 0 Å². The van der Waals surface area contributed by atoms with Gasteiger partial charge in [-0.2, -0.15) is 0 Å². The number of ether oxygens (including phenoxy) is 4. The van der Waals surface area contributed by atoms with Crippen LogP contribution in [-0.4, -0.2) is 48.4 Å². The molecule has 3 rings (SSSR count). The number of hydrogen-bond donors (Lipinski definition) is 0. The second-order valence-electron chi connectivity index (χ2n) is 6.87. The number of benzene rings is 2. The molecule has 2 aromatic rings. The zero-order chi connectivity index (χ0) is 21.5. The molecule has 1 fully saturated rings. The number of rotatable bonds is 7. The zero-order valence-corrected chi connectivity index (χ0v) is 18.0. The van der Waals surface area contributed by atoms with E-state index in [4.69, 9.17) is 18.9 Å². The SMILES string of the molecule is CCO[C@H]1O[C@@H](C)[C@H](OC(=O)c2ccccc2)[C@@H](OC(C)=O)[C@@H]1Sc1ccccc1. The molecular formula is C23H26O6S. The van der Waals surface area contributed by atoms with Crippen LogP contribution in [-0.2, 0) is 23.7 Å². The topological polar surface area (TPSA) is 71.1 Å². The normalized spacial score (nSPS) is 26.0. The van der Waals surface area contributed by atoms with Gasteiger partial charge in [-0.3, -0.25) is 4.79 Å². The standard InChI is InChI=1S/C23H26O6S/c1-4-26-23-21(30-18-13-9-6-10-14-18)20(28-16(3)24)19(15(2)27-23)29-22(25)17-11-7-5-8-12-17/h5-15,19-21,23H,4H2,1-3H3/t15-,19-,20+,21-,23-/m0/s1. The third kappa shape index (κ3) is 5.62. The van der Waals surface area contributed by atoms with Gasteiger partial charge in [-0.25, -0.2) is 4.79 Å². The average molecular weight is 431 g/mol. The van der Waals surface area contributed by atoms with Gasteiger partial charge in [-0.15, -0.1) is 11.8 Å². The van der Waals surface area contributed by atoms with E-state index in [0.29, 0.717) is 12.2 Å². The first-order valence-electron chi connectivity index (χ1n) is 9.91. The van der Waals surface area contributed by atoms with Crippen molar-refractivity contribution in [3.63, 3.8) is 0 Å². The van der Waals surface area contributed by atoms with Crippen molar-refractivity contribution in [3.8, 4) is 0 Å². The lowest BCUT2D eigenvalue weighted by atomic mass is 10.0. The maximum absolute atomic E-state index is 12.7. The van der Waals surface area contributed by atoms with Gasteiger partial charge in [0.15, 0.2) is 18.5 Å². The molecule has 0 unspecified atom stereocenters. The first-order chi connectivity index (χ1) is 14.5. The Morgan fingerprint density at radius 2 is 1.60 bits per heavy atom. The van der Waals surface area contributed by atoms with Crippen LogP contribution >= 0.6 is 11.8 Å². The van der Waals surface area contributed by atoms with Gasteiger partial charge in [0.25, 0.3) is 0 Å². The number of thioether (sulfide) groups is 1. The molecule has 0 spiro atoms. The van der Waals surface area contributed by atoms with Crippen LogP contribution in [0.5, 0.6) is 0 Å². The van der Waals surface area contributed by atoms with Crippen molar-refractivity contribution in [2.24, 2.45) is 0 Å². The third-order valence-corrected chi connectivity index (χ3v) is 5.94. The lowest BCUT2D eigenvalue weighted by molar-refractivity contribution is -0.244. The molecule has 1 heterocycles. The van der Waals surface area contributed by atoms with E-state index in [1.54, 1.807) is 31.2 Å². The number of carbonyl (C=O) groups excluding carboxylic acids is 2. The highest BCUT2D eigenvalue weighted by Gasteiger charge is 2.49. The first-order valence-corrected chi connectivity index (χ1v) is 10.8. The average Bonchev–Trinajstić information content (AvgIpc) is 2.74. The molecular weight excluding hydrogens is 404 g/mol. The van der Waals surface area contributed by atoms with E-state index < -0.39 is 41.8 Å². The van der Waals surface area contributed by atoms with E-state index in [1.807, 2.05) is 43.3 Å². The summed E-state index contributed by atoms with van der Waals surface area (Å²) < 4.78 is 23.3. The van der Waals surface area contributed by atoms with Crippen molar-refractivity contribution in [1.82, 2.24) is 0 Å². The quantitative estimate of drug-likeness (QED) is 0.613. The Labute approximate surface area is 180 Å². The van der Waals surface area contributed by atoms with Crippen LogP contribution in [0.25, 0.3) is 0 Å². The monoisotopic (exact) mass is 430 g/mol. The minimum absolute atomic E-state index is 0.416. The van der Waals surface area contributed by atoms with E-state index in [2.05, 4.69) is 0 Å². The van der Waals surface area contributed by atoms with Crippen LogP contribution < -0.4 is 0 Å². The van der Waals surface area contributed by atoms with Gasteiger partial charge in [-0.05, 0) is 38.1 Å². The van der Waals surface area contributed by atoms with Crippen LogP contribution in [0, 0.1) is 0 Å². The molecule has 2 aromatic carbocycles. The summed E-state index contributed by atoms with van der Waals surface area (Å²) in [5.41, 5.74) is 0.422. The molecule has 0 N–H and O–H groups in total. The summed E-state index contributed by atoms with van der Waals surface area (Å²) in [4.78, 5) is 25.6. The van der Waals surface area contributed by atoms with Crippen molar-refractivity contribution < 1.29 is 28.5 Å². The number of hydrogen-bond acceptors (Lipinski definition) is 7. The molecule has 0 aromatic heterocycles. The van der Waals surface area contributed by atoms with Crippen LogP contribution in [0.2, 0.25) is 0 Å². The summed E-state index contributed by atoms with van der Waals surface area (Å²) in [6.07, 6.45) is -2.65. The number of esters is 2. The minimum atomic E-state index is -0.778. The van der Waals surface area contributed by atoms with Gasteiger partial charge in [0.1, 0.15) is 5.25 Å². The Bertz CT molecular complexity index is 828. The Morgan fingerprint density at radius 3 is 2.20 bits per heavy atom. The molecule has 160 valence electrons. The van der Waals surface area contributed by atoms with E-state index in [1.165, 1.54) is 18.7 Å². The van der Waals surface area contributed by atoms with Crippen molar-refractivity contribution in [2.75, 3.05) is 6.61 Å². The van der Waals surface area contributed by atoms with Gasteiger partial charge >= 0.3 is 11.9 Å². The van der Waals surface area contributed by atoms with Crippen molar-refractivity contribution >= 4 is 23.7 Å². The maximum Gasteiger partial charge on any atom is 0.338 e. The molecule has 5 atom stereocenters. The van der Waals surface area contributed by atoms with E-state index in [-0.39, 0.29) is 0 Å². The van der Waals surface area contributed by atoms with Gasteiger partial charge in [0.05, 0.1) is 11.7 Å². The summed E-state index contributed by atoms with van der Waals surface area (Å²) in [5, 5.41) is -0.416. The van der Waals surface area contributed by atoms with Crippen LogP contribution in [0.15, 0.2) is 65.6 Å². The van der Waals surface area contributed by atoms with Crippen molar-refractivity contribution in [1.29, 1.82) is 0 Å². The fraction of sp³-hybridized carbons (Fsp3) is 0.391. The molecule has 7 heteroatoms. The van der Waals surface area contributed by atoms with Crippen LogP contribution in [0.3, 0.4) is 0 Å². The molecule has 1 aliphatic rings. The summed E-state index contributed by atoms with van der Waals surface area (Å²) >= 11 is 1.47. The molecule has 1 saturated heterocycles.